The number of piperidine rings is 1. The zero-order valence-corrected chi connectivity index (χ0v) is 18.6. The molecule has 0 radical (unpaired) electrons. The second-order valence-corrected chi connectivity index (χ2v) is 9.54. The molecular formula is C23H24ClN3O2S. The van der Waals surface area contributed by atoms with Crippen LogP contribution in [-0.2, 0) is 4.79 Å². The van der Waals surface area contributed by atoms with Gasteiger partial charge in [0, 0.05) is 18.1 Å². The quantitative estimate of drug-likeness (QED) is 0.432. The summed E-state index contributed by atoms with van der Waals surface area (Å²) in [5.41, 5.74) is 1.09. The topological polar surface area (TPSA) is 55.2 Å². The smallest absolute Gasteiger partial charge is 0.266 e. The van der Waals surface area contributed by atoms with Crippen LogP contribution in [0.25, 0.3) is 16.6 Å². The number of rotatable bonds is 4. The van der Waals surface area contributed by atoms with Crippen molar-refractivity contribution in [2.24, 2.45) is 5.92 Å². The number of carbonyl (C=O) groups is 1. The number of thioether (sulfide) groups is 1. The number of likely N-dealkylation sites (tertiary alicyclic amines) is 1. The average Bonchev–Trinajstić information content (AvgIpc) is 2.74. The van der Waals surface area contributed by atoms with Crippen molar-refractivity contribution in [3.05, 3.63) is 63.9 Å². The van der Waals surface area contributed by atoms with Crippen LogP contribution in [0.15, 0.2) is 58.5 Å². The van der Waals surface area contributed by atoms with E-state index in [0.29, 0.717) is 32.7 Å². The standard InChI is InChI=1S/C23H24ClN3O2S/c1-15-10-12-26(13-11-15)21(28)16(2)30-23-25-20-9-4-3-8-19(20)22(29)27(23)18-7-5-6-17(24)14-18/h3-9,14-16H,10-13H2,1-2H3. The Morgan fingerprint density at radius 1 is 1.17 bits per heavy atom. The first-order valence-electron chi connectivity index (χ1n) is 10.2. The maximum atomic E-state index is 13.3. The van der Waals surface area contributed by atoms with E-state index in [4.69, 9.17) is 16.6 Å². The summed E-state index contributed by atoms with van der Waals surface area (Å²) in [5, 5.41) is 1.21. The number of hydrogen-bond acceptors (Lipinski definition) is 4. The van der Waals surface area contributed by atoms with E-state index in [0.717, 1.165) is 25.9 Å². The van der Waals surface area contributed by atoms with Crippen molar-refractivity contribution in [3.8, 4) is 5.69 Å². The van der Waals surface area contributed by atoms with Gasteiger partial charge in [0.15, 0.2) is 5.16 Å². The van der Waals surface area contributed by atoms with Gasteiger partial charge < -0.3 is 4.90 Å². The van der Waals surface area contributed by atoms with E-state index in [-0.39, 0.29) is 16.7 Å². The molecule has 0 saturated carbocycles. The first-order valence-corrected chi connectivity index (χ1v) is 11.4. The van der Waals surface area contributed by atoms with Gasteiger partial charge in [-0.15, -0.1) is 0 Å². The van der Waals surface area contributed by atoms with Crippen LogP contribution in [0, 0.1) is 5.92 Å². The van der Waals surface area contributed by atoms with Crippen molar-refractivity contribution in [2.45, 2.75) is 37.1 Å². The molecule has 1 saturated heterocycles. The van der Waals surface area contributed by atoms with Gasteiger partial charge in [-0.05, 0) is 56.0 Å². The van der Waals surface area contributed by atoms with Crippen LogP contribution in [-0.4, -0.2) is 38.7 Å². The molecule has 4 rings (SSSR count). The normalized spacial score (nSPS) is 16.0. The molecule has 2 aromatic carbocycles. The van der Waals surface area contributed by atoms with Crippen molar-refractivity contribution in [1.29, 1.82) is 0 Å². The van der Waals surface area contributed by atoms with E-state index < -0.39 is 0 Å². The van der Waals surface area contributed by atoms with E-state index in [1.165, 1.54) is 11.8 Å². The number of para-hydroxylation sites is 1. The molecule has 3 aromatic rings. The van der Waals surface area contributed by atoms with Crippen LogP contribution in [0.3, 0.4) is 0 Å². The number of nitrogens with zero attached hydrogens (tertiary/aromatic N) is 3. The molecule has 0 aliphatic carbocycles. The number of benzene rings is 2. The van der Waals surface area contributed by atoms with Crippen LogP contribution in [0.5, 0.6) is 0 Å². The molecule has 1 aliphatic heterocycles. The number of aromatic nitrogens is 2. The van der Waals surface area contributed by atoms with Gasteiger partial charge in [-0.3, -0.25) is 14.2 Å². The van der Waals surface area contributed by atoms with E-state index in [1.807, 2.05) is 36.1 Å². The molecule has 0 spiro atoms. The Hall–Kier alpha value is -2.31. The minimum atomic E-state index is -0.350. The lowest BCUT2D eigenvalue weighted by atomic mass is 9.99. The van der Waals surface area contributed by atoms with Gasteiger partial charge in [0.05, 0.1) is 21.8 Å². The molecule has 1 fully saturated rings. The van der Waals surface area contributed by atoms with Crippen LogP contribution in [0.2, 0.25) is 5.02 Å². The second kappa shape index (κ2) is 8.82. The molecule has 156 valence electrons. The number of carbonyl (C=O) groups excluding carboxylic acids is 1. The molecule has 2 heterocycles. The molecule has 1 atom stereocenters. The molecule has 0 N–H and O–H groups in total. The zero-order valence-electron chi connectivity index (χ0n) is 17.0. The van der Waals surface area contributed by atoms with E-state index in [2.05, 4.69) is 6.92 Å². The Balaban J connectivity index is 1.73. The number of amides is 1. The minimum absolute atomic E-state index is 0.0898. The average molecular weight is 442 g/mol. The molecule has 1 amide bonds. The van der Waals surface area contributed by atoms with Crippen LogP contribution in [0.1, 0.15) is 26.7 Å². The lowest BCUT2D eigenvalue weighted by Crippen LogP contribution is -2.42. The van der Waals surface area contributed by atoms with Crippen molar-refractivity contribution in [2.75, 3.05) is 13.1 Å². The summed E-state index contributed by atoms with van der Waals surface area (Å²) in [6.07, 6.45) is 2.06. The molecular weight excluding hydrogens is 418 g/mol. The highest BCUT2D eigenvalue weighted by Gasteiger charge is 2.27. The maximum absolute atomic E-state index is 13.3. The van der Waals surface area contributed by atoms with E-state index in [9.17, 15) is 9.59 Å². The van der Waals surface area contributed by atoms with Gasteiger partial charge in [-0.25, -0.2) is 4.98 Å². The Morgan fingerprint density at radius 3 is 2.63 bits per heavy atom. The third-order valence-electron chi connectivity index (χ3n) is 5.54. The van der Waals surface area contributed by atoms with Crippen LogP contribution < -0.4 is 5.56 Å². The number of halogens is 1. The number of fused-ring (bicyclic) bond motifs is 1. The molecule has 1 aliphatic rings. The third kappa shape index (κ3) is 4.25. The van der Waals surface area contributed by atoms with Gasteiger partial charge in [0.1, 0.15) is 0 Å². The molecule has 30 heavy (non-hydrogen) atoms. The van der Waals surface area contributed by atoms with E-state index in [1.54, 1.807) is 28.8 Å². The van der Waals surface area contributed by atoms with Crippen molar-refractivity contribution >= 4 is 40.2 Å². The Kier molecular flexibility index (Phi) is 6.16. The van der Waals surface area contributed by atoms with Gasteiger partial charge >= 0.3 is 0 Å². The van der Waals surface area contributed by atoms with E-state index >= 15 is 0 Å². The van der Waals surface area contributed by atoms with Crippen molar-refractivity contribution in [1.82, 2.24) is 14.5 Å². The van der Waals surface area contributed by atoms with Gasteiger partial charge in [-0.1, -0.05) is 48.5 Å². The second-order valence-electron chi connectivity index (χ2n) is 7.80. The first kappa shape index (κ1) is 20.9. The third-order valence-corrected chi connectivity index (χ3v) is 6.81. The summed E-state index contributed by atoms with van der Waals surface area (Å²) in [5.74, 6) is 0.749. The highest BCUT2D eigenvalue weighted by molar-refractivity contribution is 8.00. The molecule has 0 bridgehead atoms. The van der Waals surface area contributed by atoms with Crippen LogP contribution >= 0.6 is 23.4 Å². The first-order chi connectivity index (χ1) is 14.4. The minimum Gasteiger partial charge on any atom is -0.342 e. The monoisotopic (exact) mass is 441 g/mol. The maximum Gasteiger partial charge on any atom is 0.266 e. The fourth-order valence-electron chi connectivity index (χ4n) is 3.73. The van der Waals surface area contributed by atoms with Crippen LogP contribution in [0.4, 0.5) is 0 Å². The fraction of sp³-hybridized carbons (Fsp3) is 0.348. The molecule has 1 unspecified atom stereocenters. The Morgan fingerprint density at radius 2 is 1.90 bits per heavy atom. The largest absolute Gasteiger partial charge is 0.342 e. The summed E-state index contributed by atoms with van der Waals surface area (Å²) in [7, 11) is 0. The van der Waals surface area contributed by atoms with Crippen molar-refractivity contribution in [3.63, 3.8) is 0 Å². The molecule has 1 aromatic heterocycles. The lowest BCUT2D eigenvalue weighted by Gasteiger charge is -2.32. The summed E-state index contributed by atoms with van der Waals surface area (Å²) in [6, 6.07) is 14.4. The van der Waals surface area contributed by atoms with Gasteiger partial charge in [0.2, 0.25) is 5.91 Å². The van der Waals surface area contributed by atoms with Gasteiger partial charge in [0.25, 0.3) is 5.56 Å². The Bertz CT molecular complexity index is 1140. The zero-order chi connectivity index (χ0) is 21.3. The SMILES string of the molecule is CC1CCN(C(=O)C(C)Sc2nc3ccccc3c(=O)n2-c2cccc(Cl)c2)CC1. The Labute approximate surface area is 185 Å². The van der Waals surface area contributed by atoms with Crippen molar-refractivity contribution < 1.29 is 4.79 Å². The fourth-order valence-corrected chi connectivity index (χ4v) is 4.92. The highest BCUT2D eigenvalue weighted by atomic mass is 35.5. The van der Waals surface area contributed by atoms with Gasteiger partial charge in [-0.2, -0.15) is 0 Å². The molecule has 5 nitrogen and oxygen atoms in total. The molecule has 7 heteroatoms. The summed E-state index contributed by atoms with van der Waals surface area (Å²) in [6.45, 7) is 5.69. The summed E-state index contributed by atoms with van der Waals surface area (Å²) >= 11 is 7.50. The summed E-state index contributed by atoms with van der Waals surface area (Å²) < 4.78 is 1.56. The lowest BCUT2D eigenvalue weighted by molar-refractivity contribution is -0.131. The predicted octanol–water partition coefficient (Wildman–Crippen LogP) is 4.78. The predicted molar refractivity (Wildman–Crippen MR) is 123 cm³/mol. The number of hydrogen-bond donors (Lipinski definition) is 0. The highest BCUT2D eigenvalue weighted by Crippen LogP contribution is 2.28. The summed E-state index contributed by atoms with van der Waals surface area (Å²) in [4.78, 5) is 33.0.